The van der Waals surface area contributed by atoms with Crippen LogP contribution in [0.1, 0.15) is 30.6 Å². The number of carbonyl (C=O) groups is 1. The summed E-state index contributed by atoms with van der Waals surface area (Å²) in [5.74, 6) is 0.701. The molecule has 1 aliphatic rings. The Morgan fingerprint density at radius 3 is 2.86 bits per heavy atom. The molecule has 1 heterocycles. The molecule has 0 bridgehead atoms. The second kappa shape index (κ2) is 8.76. The number of morpholine rings is 1. The van der Waals surface area contributed by atoms with Gasteiger partial charge in [-0.1, -0.05) is 6.07 Å². The van der Waals surface area contributed by atoms with E-state index in [9.17, 15) is 4.79 Å². The predicted molar refractivity (Wildman–Crippen MR) is 85.5 cm³/mol. The number of ether oxygens (including phenoxy) is 2. The van der Waals surface area contributed by atoms with Gasteiger partial charge in [0.15, 0.2) is 0 Å². The van der Waals surface area contributed by atoms with Gasteiger partial charge in [-0.05, 0) is 32.0 Å². The Labute approximate surface area is 132 Å². The zero-order valence-electron chi connectivity index (χ0n) is 13.6. The molecule has 5 nitrogen and oxygen atoms in total. The highest BCUT2D eigenvalue weighted by atomic mass is 16.5. The van der Waals surface area contributed by atoms with Gasteiger partial charge < -0.3 is 19.7 Å². The summed E-state index contributed by atoms with van der Waals surface area (Å²) in [6.07, 6.45) is 1.10. The van der Waals surface area contributed by atoms with Gasteiger partial charge >= 0.3 is 0 Å². The zero-order chi connectivity index (χ0) is 15.8. The largest absolute Gasteiger partial charge is 0.491 e. The summed E-state index contributed by atoms with van der Waals surface area (Å²) >= 11 is 0. The maximum Gasteiger partial charge on any atom is 0.251 e. The third kappa shape index (κ3) is 5.66. The standard InChI is InChI=1S/C17H26N2O3/c1-14(2)22-16-6-3-5-15(13-16)17(20)18-7-4-8-19-9-11-21-12-10-19/h3,5-6,13-14H,4,7-12H2,1-2H3,(H,18,20)/p+1. The van der Waals surface area contributed by atoms with Gasteiger partial charge in [-0.25, -0.2) is 0 Å². The number of quaternary nitrogens is 1. The average molecular weight is 307 g/mol. The van der Waals surface area contributed by atoms with E-state index in [1.807, 2.05) is 32.0 Å². The Hall–Kier alpha value is -1.59. The predicted octanol–water partition coefficient (Wildman–Crippen LogP) is 0.509. The van der Waals surface area contributed by atoms with E-state index < -0.39 is 0 Å². The second-order valence-corrected chi connectivity index (χ2v) is 5.92. The van der Waals surface area contributed by atoms with Crippen LogP contribution in [0, 0.1) is 0 Å². The summed E-state index contributed by atoms with van der Waals surface area (Å²) in [6.45, 7) is 9.58. The molecule has 0 atom stereocenters. The number of hydrogen-bond donors (Lipinski definition) is 2. The Morgan fingerprint density at radius 1 is 1.36 bits per heavy atom. The first-order chi connectivity index (χ1) is 10.6. The molecule has 1 fully saturated rings. The lowest BCUT2D eigenvalue weighted by molar-refractivity contribution is -0.908. The molecule has 122 valence electrons. The third-order valence-corrected chi connectivity index (χ3v) is 3.66. The van der Waals surface area contributed by atoms with Crippen LogP contribution in [0.3, 0.4) is 0 Å². The van der Waals surface area contributed by atoms with Crippen LogP contribution < -0.4 is 15.0 Å². The van der Waals surface area contributed by atoms with Gasteiger partial charge in [0.05, 0.1) is 25.9 Å². The molecule has 1 aliphatic heterocycles. The van der Waals surface area contributed by atoms with Crippen molar-refractivity contribution in [1.29, 1.82) is 0 Å². The van der Waals surface area contributed by atoms with E-state index in [0.717, 1.165) is 45.0 Å². The minimum absolute atomic E-state index is 0.0359. The van der Waals surface area contributed by atoms with Crippen LogP contribution in [-0.2, 0) is 4.74 Å². The molecule has 5 heteroatoms. The van der Waals surface area contributed by atoms with Crippen molar-refractivity contribution >= 4 is 5.91 Å². The Balaban J connectivity index is 1.72. The van der Waals surface area contributed by atoms with E-state index in [1.165, 1.54) is 0 Å². The lowest BCUT2D eigenvalue weighted by Gasteiger charge is -2.23. The number of amides is 1. The lowest BCUT2D eigenvalue weighted by Crippen LogP contribution is -3.14. The molecule has 1 aromatic rings. The van der Waals surface area contributed by atoms with Crippen molar-refractivity contribution in [3.63, 3.8) is 0 Å². The number of rotatable bonds is 7. The zero-order valence-corrected chi connectivity index (χ0v) is 13.6. The van der Waals surface area contributed by atoms with Gasteiger partial charge in [0.2, 0.25) is 0 Å². The maximum absolute atomic E-state index is 12.1. The molecular formula is C17H27N2O3+. The molecule has 0 spiro atoms. The van der Waals surface area contributed by atoms with Crippen molar-refractivity contribution in [1.82, 2.24) is 5.32 Å². The van der Waals surface area contributed by atoms with E-state index >= 15 is 0 Å². The fourth-order valence-corrected chi connectivity index (χ4v) is 2.54. The van der Waals surface area contributed by atoms with E-state index in [4.69, 9.17) is 9.47 Å². The topological polar surface area (TPSA) is 52.0 Å². The van der Waals surface area contributed by atoms with Crippen molar-refractivity contribution in [3.05, 3.63) is 29.8 Å². The van der Waals surface area contributed by atoms with Gasteiger partial charge in [0.25, 0.3) is 5.91 Å². The SMILES string of the molecule is CC(C)Oc1cccc(C(=O)NCCC[NH+]2CCOCC2)c1. The van der Waals surface area contributed by atoms with Gasteiger partial charge in [-0.2, -0.15) is 0 Å². The summed E-state index contributed by atoms with van der Waals surface area (Å²) in [6, 6.07) is 7.33. The molecule has 0 unspecified atom stereocenters. The number of carbonyl (C=O) groups excluding carboxylic acids is 1. The summed E-state index contributed by atoms with van der Waals surface area (Å²) < 4.78 is 11.0. The molecule has 0 aromatic heterocycles. The average Bonchev–Trinajstić information content (AvgIpc) is 2.52. The summed E-state index contributed by atoms with van der Waals surface area (Å²) in [4.78, 5) is 13.7. The highest BCUT2D eigenvalue weighted by Gasteiger charge is 2.13. The molecule has 0 radical (unpaired) electrons. The smallest absolute Gasteiger partial charge is 0.251 e. The summed E-state index contributed by atoms with van der Waals surface area (Å²) in [5, 5.41) is 2.98. The van der Waals surface area contributed by atoms with Crippen molar-refractivity contribution in [3.8, 4) is 5.75 Å². The van der Waals surface area contributed by atoms with Crippen molar-refractivity contribution in [2.75, 3.05) is 39.4 Å². The van der Waals surface area contributed by atoms with Crippen LogP contribution in [0.25, 0.3) is 0 Å². The molecule has 1 aromatic carbocycles. The first kappa shape index (κ1) is 16.8. The lowest BCUT2D eigenvalue weighted by atomic mass is 10.2. The number of benzene rings is 1. The van der Waals surface area contributed by atoms with Gasteiger partial charge in [0.1, 0.15) is 18.8 Å². The fourth-order valence-electron chi connectivity index (χ4n) is 2.54. The Bertz CT molecular complexity index is 471. The van der Waals surface area contributed by atoms with Crippen molar-refractivity contribution in [2.45, 2.75) is 26.4 Å². The van der Waals surface area contributed by atoms with Gasteiger partial charge in [-0.15, -0.1) is 0 Å². The van der Waals surface area contributed by atoms with Crippen molar-refractivity contribution in [2.24, 2.45) is 0 Å². The molecule has 1 amide bonds. The first-order valence-electron chi connectivity index (χ1n) is 8.11. The molecular weight excluding hydrogens is 280 g/mol. The molecule has 0 saturated carbocycles. The van der Waals surface area contributed by atoms with Gasteiger partial charge in [0, 0.05) is 18.5 Å². The summed E-state index contributed by atoms with van der Waals surface area (Å²) in [5.41, 5.74) is 0.650. The quantitative estimate of drug-likeness (QED) is 0.722. The normalized spacial score (nSPS) is 15.8. The summed E-state index contributed by atoms with van der Waals surface area (Å²) in [7, 11) is 0. The van der Waals surface area contributed by atoms with Crippen LogP contribution in [-0.4, -0.2) is 51.4 Å². The van der Waals surface area contributed by atoms with Gasteiger partial charge in [-0.3, -0.25) is 4.79 Å². The highest BCUT2D eigenvalue weighted by Crippen LogP contribution is 2.14. The van der Waals surface area contributed by atoms with Crippen LogP contribution in [0.5, 0.6) is 5.75 Å². The maximum atomic E-state index is 12.1. The molecule has 2 rings (SSSR count). The number of hydrogen-bond acceptors (Lipinski definition) is 3. The number of nitrogens with one attached hydrogen (secondary N) is 2. The first-order valence-corrected chi connectivity index (χ1v) is 8.11. The van der Waals surface area contributed by atoms with Crippen LogP contribution in [0.4, 0.5) is 0 Å². The minimum Gasteiger partial charge on any atom is -0.491 e. The Morgan fingerprint density at radius 2 is 2.14 bits per heavy atom. The molecule has 2 N–H and O–H groups in total. The molecule has 1 saturated heterocycles. The molecule has 22 heavy (non-hydrogen) atoms. The third-order valence-electron chi connectivity index (χ3n) is 3.66. The molecule has 0 aliphatic carbocycles. The van der Waals surface area contributed by atoms with Crippen LogP contribution in [0.2, 0.25) is 0 Å². The van der Waals surface area contributed by atoms with E-state index in [1.54, 1.807) is 11.0 Å². The van der Waals surface area contributed by atoms with Crippen molar-refractivity contribution < 1.29 is 19.2 Å². The van der Waals surface area contributed by atoms with E-state index in [2.05, 4.69) is 5.32 Å². The van der Waals surface area contributed by atoms with E-state index in [-0.39, 0.29) is 12.0 Å². The minimum atomic E-state index is -0.0359. The van der Waals surface area contributed by atoms with Crippen LogP contribution in [0.15, 0.2) is 24.3 Å². The van der Waals surface area contributed by atoms with Crippen LogP contribution >= 0.6 is 0 Å². The second-order valence-electron chi connectivity index (χ2n) is 5.92. The van der Waals surface area contributed by atoms with E-state index in [0.29, 0.717) is 12.1 Å². The highest BCUT2D eigenvalue weighted by molar-refractivity contribution is 5.94. The monoisotopic (exact) mass is 307 g/mol. The Kier molecular flexibility index (Phi) is 6.68. The fraction of sp³-hybridized carbons (Fsp3) is 0.588.